The molecule has 1 fully saturated rings. The van der Waals surface area contributed by atoms with Gasteiger partial charge in [0, 0.05) is 24.3 Å². The lowest BCUT2D eigenvalue weighted by Crippen LogP contribution is -2.27. The number of anilines is 1. The summed E-state index contributed by atoms with van der Waals surface area (Å²) in [5.41, 5.74) is 0.901. The Labute approximate surface area is 196 Å². The standard InChI is InChI=1S/C24H22N2O7S/c27-21(17-7-11-20(12-8-17)34(30,31)26-13-1-2-14-26)16-33-24(29)18-5-9-19(10-6-18)25-23(28)22-4-3-15-32-22/h3-12,15H,1-2,13-14,16H2,(H,25,28). The van der Waals surface area contributed by atoms with Crippen LogP contribution in [-0.4, -0.2) is 50.1 Å². The summed E-state index contributed by atoms with van der Waals surface area (Å²) in [4.78, 5) is 36.8. The topological polar surface area (TPSA) is 123 Å². The van der Waals surface area contributed by atoms with Crippen LogP contribution in [-0.2, 0) is 14.8 Å². The monoisotopic (exact) mass is 482 g/mol. The normalized spacial score (nSPS) is 14.0. The second-order valence-electron chi connectivity index (χ2n) is 7.64. The van der Waals surface area contributed by atoms with Crippen molar-refractivity contribution in [2.45, 2.75) is 17.7 Å². The van der Waals surface area contributed by atoms with Crippen LogP contribution in [0.1, 0.15) is 44.1 Å². The summed E-state index contributed by atoms with van der Waals surface area (Å²) in [7, 11) is -3.56. The van der Waals surface area contributed by atoms with Gasteiger partial charge in [0.15, 0.2) is 18.2 Å². The van der Waals surface area contributed by atoms with Crippen LogP contribution in [0.2, 0.25) is 0 Å². The van der Waals surface area contributed by atoms with E-state index >= 15 is 0 Å². The summed E-state index contributed by atoms with van der Waals surface area (Å²) < 4.78 is 36.7. The molecule has 0 radical (unpaired) electrons. The Bertz CT molecular complexity index is 1280. The van der Waals surface area contributed by atoms with Crippen molar-refractivity contribution in [3.63, 3.8) is 0 Å². The number of ketones is 1. The summed E-state index contributed by atoms with van der Waals surface area (Å²) in [6.07, 6.45) is 3.06. The Morgan fingerprint density at radius 2 is 1.56 bits per heavy atom. The van der Waals surface area contributed by atoms with Gasteiger partial charge in [-0.1, -0.05) is 0 Å². The van der Waals surface area contributed by atoms with Crippen molar-refractivity contribution in [3.8, 4) is 0 Å². The molecular formula is C24H22N2O7S. The Kier molecular flexibility index (Phi) is 6.90. The van der Waals surface area contributed by atoms with Gasteiger partial charge >= 0.3 is 5.97 Å². The fourth-order valence-electron chi connectivity index (χ4n) is 3.48. The first-order valence-corrected chi connectivity index (χ1v) is 12.0. The van der Waals surface area contributed by atoms with Crippen molar-refractivity contribution in [2.24, 2.45) is 0 Å². The summed E-state index contributed by atoms with van der Waals surface area (Å²) >= 11 is 0. The van der Waals surface area contributed by atoms with Gasteiger partial charge in [0.1, 0.15) is 0 Å². The van der Waals surface area contributed by atoms with Gasteiger partial charge in [-0.25, -0.2) is 13.2 Å². The number of sulfonamides is 1. The molecular weight excluding hydrogens is 460 g/mol. The van der Waals surface area contributed by atoms with Gasteiger partial charge in [0.25, 0.3) is 5.91 Å². The number of nitrogens with zero attached hydrogens (tertiary/aromatic N) is 1. The van der Waals surface area contributed by atoms with Crippen LogP contribution >= 0.6 is 0 Å². The summed E-state index contributed by atoms with van der Waals surface area (Å²) in [6, 6.07) is 14.7. The van der Waals surface area contributed by atoms with E-state index in [1.807, 2.05) is 0 Å². The highest BCUT2D eigenvalue weighted by Gasteiger charge is 2.27. The molecule has 1 aliphatic rings. The van der Waals surface area contributed by atoms with Gasteiger partial charge in [-0.2, -0.15) is 4.31 Å². The van der Waals surface area contributed by atoms with Crippen molar-refractivity contribution in [3.05, 3.63) is 83.8 Å². The average Bonchev–Trinajstić information content (AvgIpc) is 3.58. The molecule has 34 heavy (non-hydrogen) atoms. The molecule has 176 valence electrons. The smallest absolute Gasteiger partial charge is 0.338 e. The van der Waals surface area contributed by atoms with E-state index in [0.29, 0.717) is 18.8 Å². The van der Waals surface area contributed by atoms with Crippen LogP contribution in [0.15, 0.2) is 76.2 Å². The number of amides is 1. The molecule has 2 aromatic carbocycles. The quantitative estimate of drug-likeness (QED) is 0.386. The third kappa shape index (κ3) is 5.24. The Balaban J connectivity index is 1.31. The molecule has 1 aliphatic heterocycles. The predicted octanol–water partition coefficient (Wildman–Crippen LogP) is 3.36. The largest absolute Gasteiger partial charge is 0.459 e. The van der Waals surface area contributed by atoms with Crippen LogP contribution < -0.4 is 5.32 Å². The number of hydrogen-bond donors (Lipinski definition) is 1. The first-order chi connectivity index (χ1) is 16.3. The maximum atomic E-state index is 12.6. The van der Waals surface area contributed by atoms with Gasteiger partial charge in [0.2, 0.25) is 10.0 Å². The van der Waals surface area contributed by atoms with E-state index in [-0.39, 0.29) is 21.8 Å². The molecule has 3 aromatic rings. The number of Topliss-reactive ketones (excluding diaryl/α,β-unsaturated/α-hetero) is 1. The first-order valence-electron chi connectivity index (χ1n) is 10.6. The van der Waals surface area contributed by atoms with Crippen LogP contribution in [0.4, 0.5) is 5.69 Å². The molecule has 1 amide bonds. The van der Waals surface area contributed by atoms with Gasteiger partial charge in [-0.15, -0.1) is 0 Å². The molecule has 4 rings (SSSR count). The zero-order valence-corrected chi connectivity index (χ0v) is 18.9. The molecule has 10 heteroatoms. The molecule has 9 nitrogen and oxygen atoms in total. The molecule has 1 saturated heterocycles. The number of carbonyl (C=O) groups is 3. The van der Waals surface area contributed by atoms with Crippen LogP contribution in [0.5, 0.6) is 0 Å². The number of esters is 1. The number of carbonyl (C=O) groups excluding carboxylic acids is 3. The van der Waals surface area contributed by atoms with Crippen molar-refractivity contribution in [1.29, 1.82) is 0 Å². The second-order valence-corrected chi connectivity index (χ2v) is 9.58. The first kappa shape index (κ1) is 23.4. The number of furan rings is 1. The fraction of sp³-hybridized carbons (Fsp3) is 0.208. The van der Waals surface area contributed by atoms with E-state index in [4.69, 9.17) is 9.15 Å². The van der Waals surface area contributed by atoms with Gasteiger partial charge in [-0.05, 0) is 73.5 Å². The Morgan fingerprint density at radius 3 is 2.18 bits per heavy atom. The summed E-state index contributed by atoms with van der Waals surface area (Å²) in [5, 5.41) is 2.63. The molecule has 0 atom stereocenters. The average molecular weight is 483 g/mol. The fourth-order valence-corrected chi connectivity index (χ4v) is 5.00. The number of hydrogen-bond acceptors (Lipinski definition) is 7. The van der Waals surface area contributed by atoms with E-state index in [0.717, 1.165) is 12.8 Å². The van der Waals surface area contributed by atoms with Gasteiger partial charge in [-0.3, -0.25) is 9.59 Å². The molecule has 0 spiro atoms. The van der Waals surface area contributed by atoms with E-state index in [2.05, 4.69) is 5.32 Å². The van der Waals surface area contributed by atoms with E-state index in [1.165, 1.54) is 65.2 Å². The Morgan fingerprint density at radius 1 is 0.912 bits per heavy atom. The molecule has 0 saturated carbocycles. The summed E-state index contributed by atoms with van der Waals surface area (Å²) in [5.74, 6) is -1.43. The lowest BCUT2D eigenvalue weighted by molar-refractivity contribution is 0.0475. The molecule has 1 aromatic heterocycles. The van der Waals surface area contributed by atoms with Crippen molar-refractivity contribution in [1.82, 2.24) is 4.31 Å². The zero-order chi connectivity index (χ0) is 24.1. The highest BCUT2D eigenvalue weighted by Crippen LogP contribution is 2.21. The van der Waals surface area contributed by atoms with E-state index < -0.39 is 34.3 Å². The van der Waals surface area contributed by atoms with Crippen molar-refractivity contribution < 1.29 is 32.0 Å². The highest BCUT2D eigenvalue weighted by atomic mass is 32.2. The number of nitrogens with one attached hydrogen (secondary N) is 1. The second kappa shape index (κ2) is 10.0. The third-order valence-corrected chi connectivity index (χ3v) is 7.25. The van der Waals surface area contributed by atoms with Gasteiger partial charge in [0.05, 0.1) is 16.7 Å². The third-order valence-electron chi connectivity index (χ3n) is 5.34. The predicted molar refractivity (Wildman–Crippen MR) is 122 cm³/mol. The maximum Gasteiger partial charge on any atom is 0.338 e. The molecule has 2 heterocycles. The SMILES string of the molecule is O=C(COC(=O)c1ccc(NC(=O)c2ccco2)cc1)c1ccc(S(=O)(=O)N2CCCC2)cc1. The number of ether oxygens (including phenoxy) is 1. The maximum absolute atomic E-state index is 12.6. The zero-order valence-electron chi connectivity index (χ0n) is 18.1. The van der Waals surface area contributed by atoms with Crippen LogP contribution in [0.3, 0.4) is 0 Å². The highest BCUT2D eigenvalue weighted by molar-refractivity contribution is 7.89. The lowest BCUT2D eigenvalue weighted by atomic mass is 10.1. The molecule has 0 unspecified atom stereocenters. The molecule has 1 N–H and O–H groups in total. The van der Waals surface area contributed by atoms with Crippen LogP contribution in [0, 0.1) is 0 Å². The van der Waals surface area contributed by atoms with Crippen LogP contribution in [0.25, 0.3) is 0 Å². The lowest BCUT2D eigenvalue weighted by Gasteiger charge is -2.15. The minimum Gasteiger partial charge on any atom is -0.459 e. The minimum atomic E-state index is -3.56. The number of benzene rings is 2. The minimum absolute atomic E-state index is 0.127. The molecule has 0 bridgehead atoms. The van der Waals surface area contributed by atoms with Gasteiger partial charge < -0.3 is 14.5 Å². The summed E-state index contributed by atoms with van der Waals surface area (Å²) in [6.45, 7) is 0.501. The van der Waals surface area contributed by atoms with E-state index in [1.54, 1.807) is 6.07 Å². The van der Waals surface area contributed by atoms with E-state index in [9.17, 15) is 22.8 Å². The van der Waals surface area contributed by atoms with Crippen molar-refractivity contribution in [2.75, 3.05) is 25.0 Å². The molecule has 0 aliphatic carbocycles. The Hall–Kier alpha value is -3.76. The number of rotatable bonds is 8. The van der Waals surface area contributed by atoms with Crippen molar-refractivity contribution >= 4 is 33.4 Å².